The third-order valence-corrected chi connectivity index (χ3v) is 2.39. The van der Waals surface area contributed by atoms with E-state index in [1.54, 1.807) is 19.1 Å². The maximum absolute atomic E-state index is 11.4. The first-order valence-corrected chi connectivity index (χ1v) is 5.18. The number of phenols is 1. The Morgan fingerprint density at radius 1 is 1.50 bits per heavy atom. The number of carbonyl (C=O) groups excluding carboxylic acids is 1. The van der Waals surface area contributed by atoms with Gasteiger partial charge in [-0.25, -0.2) is 4.79 Å². The molecule has 0 saturated carbocycles. The Hall–Kier alpha value is -1.68. The summed E-state index contributed by atoms with van der Waals surface area (Å²) < 4.78 is 4.84. The number of H-pyrrole nitrogens is 1. The number of ether oxygens (including phenoxy) is 1. The van der Waals surface area contributed by atoms with Crippen LogP contribution in [0.4, 0.5) is 0 Å². The topological polar surface area (TPSA) is 62.3 Å². The highest BCUT2D eigenvalue weighted by atomic mass is 35.5. The summed E-state index contributed by atoms with van der Waals surface area (Å²) in [6.07, 6.45) is 0. The van der Waals surface area contributed by atoms with E-state index in [-0.39, 0.29) is 5.75 Å². The van der Waals surface area contributed by atoms with Gasteiger partial charge in [-0.15, -0.1) is 0 Å². The average Bonchev–Trinajstić information content (AvgIpc) is 2.62. The zero-order chi connectivity index (χ0) is 11.7. The number of carbonyl (C=O) groups is 1. The lowest BCUT2D eigenvalue weighted by molar-refractivity contribution is 0.0520. The van der Waals surface area contributed by atoms with E-state index >= 15 is 0 Å². The van der Waals surface area contributed by atoms with E-state index in [2.05, 4.69) is 4.98 Å². The molecule has 0 fully saturated rings. The number of phenolic OH excluding ortho intramolecular Hbond substituents is 1. The molecule has 0 bridgehead atoms. The van der Waals surface area contributed by atoms with E-state index in [0.717, 1.165) is 0 Å². The highest BCUT2D eigenvalue weighted by molar-refractivity contribution is 6.31. The number of benzene rings is 1. The van der Waals surface area contributed by atoms with Crippen LogP contribution in [0.25, 0.3) is 10.9 Å². The van der Waals surface area contributed by atoms with Gasteiger partial charge in [0.2, 0.25) is 0 Å². The largest absolute Gasteiger partial charge is 0.506 e. The molecule has 5 heteroatoms. The highest BCUT2D eigenvalue weighted by Gasteiger charge is 2.12. The third kappa shape index (κ3) is 1.84. The van der Waals surface area contributed by atoms with Crippen LogP contribution in [0, 0.1) is 0 Å². The average molecular weight is 240 g/mol. The minimum Gasteiger partial charge on any atom is -0.506 e. The van der Waals surface area contributed by atoms with Gasteiger partial charge in [0.25, 0.3) is 0 Å². The molecule has 1 aromatic heterocycles. The molecule has 0 spiro atoms. The summed E-state index contributed by atoms with van der Waals surface area (Å²) in [5.41, 5.74) is 0.780. The first kappa shape index (κ1) is 10.8. The van der Waals surface area contributed by atoms with E-state index in [1.807, 2.05) is 0 Å². The molecule has 4 nitrogen and oxygen atoms in total. The Morgan fingerprint density at radius 2 is 2.25 bits per heavy atom. The Bertz CT molecular complexity index is 547. The molecule has 2 N–H and O–H groups in total. The Balaban J connectivity index is 2.51. The lowest BCUT2D eigenvalue weighted by Crippen LogP contribution is -2.04. The van der Waals surface area contributed by atoms with Crippen molar-refractivity contribution in [2.75, 3.05) is 6.61 Å². The van der Waals surface area contributed by atoms with Crippen molar-refractivity contribution < 1.29 is 14.6 Å². The van der Waals surface area contributed by atoms with Gasteiger partial charge >= 0.3 is 5.97 Å². The van der Waals surface area contributed by atoms with Gasteiger partial charge in [-0.3, -0.25) is 0 Å². The van der Waals surface area contributed by atoms with E-state index in [9.17, 15) is 9.90 Å². The molecule has 0 unspecified atom stereocenters. The maximum atomic E-state index is 11.4. The number of aromatic hydroxyl groups is 1. The van der Waals surface area contributed by atoms with Crippen molar-refractivity contribution in [1.29, 1.82) is 0 Å². The Morgan fingerprint density at radius 3 is 2.94 bits per heavy atom. The van der Waals surface area contributed by atoms with Gasteiger partial charge in [0, 0.05) is 16.5 Å². The summed E-state index contributed by atoms with van der Waals surface area (Å²) in [5.74, 6) is -0.438. The van der Waals surface area contributed by atoms with Gasteiger partial charge in [0.1, 0.15) is 11.4 Å². The molecule has 0 radical (unpaired) electrons. The standard InChI is InChI=1S/C11H10ClNO3/c1-2-16-11(15)8-4-6-3-7(12)5-9(14)10(6)13-8/h3-5,13-14H,2H2,1H3. The van der Waals surface area contributed by atoms with Crippen LogP contribution in [0.3, 0.4) is 0 Å². The van der Waals surface area contributed by atoms with Crippen LogP contribution in [0.2, 0.25) is 5.02 Å². The molecule has 2 aromatic rings. The summed E-state index contributed by atoms with van der Waals surface area (Å²) in [6, 6.07) is 4.67. The van der Waals surface area contributed by atoms with Gasteiger partial charge < -0.3 is 14.8 Å². The van der Waals surface area contributed by atoms with Crippen molar-refractivity contribution in [2.24, 2.45) is 0 Å². The molecule has 0 aliphatic rings. The van der Waals surface area contributed by atoms with Gasteiger partial charge in [-0.05, 0) is 19.1 Å². The molecule has 0 aliphatic carbocycles. The van der Waals surface area contributed by atoms with Crippen molar-refractivity contribution in [2.45, 2.75) is 6.92 Å². The van der Waals surface area contributed by atoms with Crippen LogP contribution in [0.1, 0.15) is 17.4 Å². The zero-order valence-corrected chi connectivity index (χ0v) is 9.34. The lowest BCUT2D eigenvalue weighted by Gasteiger charge is -1.97. The number of aromatic nitrogens is 1. The normalized spacial score (nSPS) is 10.6. The fraction of sp³-hybridized carbons (Fsp3) is 0.182. The minimum absolute atomic E-state index is 0.0121. The van der Waals surface area contributed by atoms with Gasteiger partial charge in [0.05, 0.1) is 12.1 Å². The van der Waals surface area contributed by atoms with Crippen molar-refractivity contribution in [3.63, 3.8) is 0 Å². The molecule has 1 aromatic carbocycles. The van der Waals surface area contributed by atoms with Gasteiger partial charge in [0.15, 0.2) is 0 Å². The second-order valence-corrected chi connectivity index (χ2v) is 3.73. The van der Waals surface area contributed by atoms with Crippen LogP contribution < -0.4 is 0 Å². The number of rotatable bonds is 2. The highest BCUT2D eigenvalue weighted by Crippen LogP contribution is 2.29. The smallest absolute Gasteiger partial charge is 0.354 e. The molecule has 0 atom stereocenters. The lowest BCUT2D eigenvalue weighted by atomic mass is 10.2. The number of aromatic amines is 1. The minimum atomic E-state index is -0.450. The fourth-order valence-corrected chi connectivity index (χ4v) is 1.73. The second-order valence-electron chi connectivity index (χ2n) is 3.29. The van der Waals surface area contributed by atoms with Crippen molar-refractivity contribution in [3.8, 4) is 5.75 Å². The molecule has 1 heterocycles. The summed E-state index contributed by atoms with van der Waals surface area (Å²) in [4.78, 5) is 14.2. The van der Waals surface area contributed by atoms with E-state index in [0.29, 0.717) is 28.2 Å². The first-order valence-electron chi connectivity index (χ1n) is 4.80. The summed E-state index contributed by atoms with van der Waals surface area (Å²) in [7, 11) is 0. The predicted molar refractivity (Wildman–Crippen MR) is 60.9 cm³/mol. The molecule has 0 saturated heterocycles. The van der Waals surface area contributed by atoms with Crippen LogP contribution in [-0.4, -0.2) is 22.7 Å². The number of fused-ring (bicyclic) bond motifs is 1. The molecule has 2 rings (SSSR count). The predicted octanol–water partition coefficient (Wildman–Crippen LogP) is 2.70. The van der Waals surface area contributed by atoms with Gasteiger partial charge in [-0.2, -0.15) is 0 Å². The summed E-state index contributed by atoms with van der Waals surface area (Å²) in [6.45, 7) is 2.04. The molecular formula is C11H10ClNO3. The number of nitrogens with one attached hydrogen (secondary N) is 1. The Labute approximate surface area is 96.8 Å². The van der Waals surface area contributed by atoms with Crippen molar-refractivity contribution >= 4 is 28.5 Å². The Kier molecular flexibility index (Phi) is 2.75. The zero-order valence-electron chi connectivity index (χ0n) is 8.58. The summed E-state index contributed by atoms with van der Waals surface area (Å²) >= 11 is 5.78. The van der Waals surface area contributed by atoms with E-state index in [1.165, 1.54) is 6.07 Å². The van der Waals surface area contributed by atoms with E-state index < -0.39 is 5.97 Å². The molecule has 0 aliphatic heterocycles. The molecule has 0 amide bonds. The molecular weight excluding hydrogens is 230 g/mol. The fourth-order valence-electron chi connectivity index (χ4n) is 1.51. The van der Waals surface area contributed by atoms with Crippen molar-refractivity contribution in [1.82, 2.24) is 4.98 Å². The SMILES string of the molecule is CCOC(=O)c1cc2cc(Cl)cc(O)c2[nH]1. The third-order valence-electron chi connectivity index (χ3n) is 2.17. The number of halogens is 1. The quantitative estimate of drug-likeness (QED) is 0.792. The maximum Gasteiger partial charge on any atom is 0.354 e. The van der Waals surface area contributed by atoms with E-state index in [4.69, 9.17) is 16.3 Å². The van der Waals surface area contributed by atoms with Crippen LogP contribution in [0.5, 0.6) is 5.75 Å². The van der Waals surface area contributed by atoms with Crippen LogP contribution in [0.15, 0.2) is 18.2 Å². The second kappa shape index (κ2) is 4.06. The summed E-state index contributed by atoms with van der Waals surface area (Å²) in [5, 5.41) is 10.7. The molecule has 84 valence electrons. The first-order chi connectivity index (χ1) is 7.61. The number of hydrogen-bond acceptors (Lipinski definition) is 3. The van der Waals surface area contributed by atoms with Crippen LogP contribution >= 0.6 is 11.6 Å². The number of esters is 1. The number of hydrogen-bond donors (Lipinski definition) is 2. The van der Waals surface area contributed by atoms with Crippen LogP contribution in [-0.2, 0) is 4.74 Å². The van der Waals surface area contributed by atoms with Crippen molar-refractivity contribution in [3.05, 3.63) is 28.9 Å². The van der Waals surface area contributed by atoms with Gasteiger partial charge in [-0.1, -0.05) is 11.6 Å². The monoisotopic (exact) mass is 239 g/mol. The molecule has 16 heavy (non-hydrogen) atoms.